The molecular weight excluding hydrogens is 200 g/mol. The molecule has 0 saturated carbocycles. The second-order valence-electron chi connectivity index (χ2n) is 5.13. The summed E-state index contributed by atoms with van der Waals surface area (Å²) in [5, 5.41) is 9.54. The van der Waals surface area contributed by atoms with Gasteiger partial charge in [-0.25, -0.2) is 0 Å². The van der Waals surface area contributed by atoms with Crippen LogP contribution in [0.5, 0.6) is 0 Å². The first-order valence-corrected chi connectivity index (χ1v) is 5.89. The summed E-state index contributed by atoms with van der Waals surface area (Å²) in [4.78, 5) is 0. The highest BCUT2D eigenvalue weighted by atomic mass is 16.5. The maximum absolute atomic E-state index is 9.54. The first-order chi connectivity index (χ1) is 7.63. The lowest BCUT2D eigenvalue weighted by Crippen LogP contribution is -2.28. The fourth-order valence-corrected chi connectivity index (χ4v) is 2.57. The lowest BCUT2D eigenvalue weighted by Gasteiger charge is -2.25. The first-order valence-electron chi connectivity index (χ1n) is 5.89. The molecule has 1 unspecified atom stereocenters. The second kappa shape index (κ2) is 4.56. The summed E-state index contributed by atoms with van der Waals surface area (Å²) in [6.45, 7) is 5.93. The third-order valence-corrected chi connectivity index (χ3v) is 3.38. The lowest BCUT2D eigenvalue weighted by molar-refractivity contribution is 0.0935. The van der Waals surface area contributed by atoms with Gasteiger partial charge in [0.2, 0.25) is 0 Å². The summed E-state index contributed by atoms with van der Waals surface area (Å²) >= 11 is 0. The highest BCUT2D eigenvalue weighted by Gasteiger charge is 2.34. The predicted molar refractivity (Wildman–Crippen MR) is 64.6 cm³/mol. The number of benzene rings is 1. The Kier molecular flexibility index (Phi) is 3.31. The molecule has 1 saturated heterocycles. The van der Waals surface area contributed by atoms with E-state index in [0.717, 1.165) is 19.4 Å². The SMILES string of the molecule is Cc1cc(C)cc(CC2(CO)CCOC2)c1. The van der Waals surface area contributed by atoms with Crippen LogP contribution in [0.15, 0.2) is 18.2 Å². The van der Waals surface area contributed by atoms with E-state index in [1.54, 1.807) is 0 Å². The molecule has 1 aromatic carbocycles. The van der Waals surface area contributed by atoms with Crippen LogP contribution in [0, 0.1) is 19.3 Å². The van der Waals surface area contributed by atoms with E-state index >= 15 is 0 Å². The fraction of sp³-hybridized carbons (Fsp3) is 0.571. The van der Waals surface area contributed by atoms with Crippen molar-refractivity contribution in [2.24, 2.45) is 5.41 Å². The minimum Gasteiger partial charge on any atom is -0.396 e. The van der Waals surface area contributed by atoms with Gasteiger partial charge < -0.3 is 9.84 Å². The van der Waals surface area contributed by atoms with E-state index in [1.165, 1.54) is 16.7 Å². The Morgan fingerprint density at radius 3 is 2.44 bits per heavy atom. The first kappa shape index (κ1) is 11.6. The summed E-state index contributed by atoms with van der Waals surface area (Å²) in [6.07, 6.45) is 1.89. The Morgan fingerprint density at radius 1 is 1.25 bits per heavy atom. The molecule has 16 heavy (non-hydrogen) atoms. The van der Waals surface area contributed by atoms with Gasteiger partial charge >= 0.3 is 0 Å². The Labute approximate surface area is 97.3 Å². The summed E-state index contributed by atoms with van der Waals surface area (Å²) in [5.41, 5.74) is 3.86. The van der Waals surface area contributed by atoms with Gasteiger partial charge in [-0.05, 0) is 32.3 Å². The average Bonchev–Trinajstić information content (AvgIpc) is 2.65. The Morgan fingerprint density at radius 2 is 1.94 bits per heavy atom. The zero-order chi connectivity index (χ0) is 11.6. The van der Waals surface area contributed by atoms with Crippen molar-refractivity contribution in [3.63, 3.8) is 0 Å². The predicted octanol–water partition coefficient (Wildman–Crippen LogP) is 2.24. The van der Waals surface area contributed by atoms with Crippen molar-refractivity contribution in [2.75, 3.05) is 19.8 Å². The molecule has 2 rings (SSSR count). The number of aliphatic hydroxyl groups is 1. The van der Waals surface area contributed by atoms with Gasteiger partial charge in [-0.3, -0.25) is 0 Å². The van der Waals surface area contributed by atoms with Crippen LogP contribution in [0.25, 0.3) is 0 Å². The van der Waals surface area contributed by atoms with E-state index in [-0.39, 0.29) is 12.0 Å². The quantitative estimate of drug-likeness (QED) is 0.846. The van der Waals surface area contributed by atoms with E-state index in [4.69, 9.17) is 4.74 Å². The van der Waals surface area contributed by atoms with Gasteiger partial charge in [0.1, 0.15) is 0 Å². The molecule has 1 heterocycles. The molecule has 0 spiro atoms. The smallest absolute Gasteiger partial charge is 0.0548 e. The number of ether oxygens (including phenoxy) is 1. The highest BCUT2D eigenvalue weighted by molar-refractivity contribution is 5.29. The van der Waals surface area contributed by atoms with Crippen molar-refractivity contribution in [1.82, 2.24) is 0 Å². The summed E-state index contributed by atoms with van der Waals surface area (Å²) < 4.78 is 5.42. The van der Waals surface area contributed by atoms with E-state index in [9.17, 15) is 5.11 Å². The van der Waals surface area contributed by atoms with Crippen LogP contribution in [0.1, 0.15) is 23.1 Å². The van der Waals surface area contributed by atoms with Crippen LogP contribution >= 0.6 is 0 Å². The van der Waals surface area contributed by atoms with Crippen molar-refractivity contribution in [3.05, 3.63) is 34.9 Å². The highest BCUT2D eigenvalue weighted by Crippen LogP contribution is 2.32. The number of hydrogen-bond acceptors (Lipinski definition) is 2. The van der Waals surface area contributed by atoms with Crippen molar-refractivity contribution in [2.45, 2.75) is 26.7 Å². The van der Waals surface area contributed by atoms with Crippen LogP contribution in [0.4, 0.5) is 0 Å². The molecule has 0 aliphatic carbocycles. The molecule has 0 aromatic heterocycles. The molecule has 1 atom stereocenters. The summed E-state index contributed by atoms with van der Waals surface area (Å²) in [7, 11) is 0. The molecule has 1 aliphatic heterocycles. The third-order valence-electron chi connectivity index (χ3n) is 3.38. The lowest BCUT2D eigenvalue weighted by atomic mass is 9.81. The molecule has 0 radical (unpaired) electrons. The van der Waals surface area contributed by atoms with Gasteiger partial charge in [-0.1, -0.05) is 29.3 Å². The van der Waals surface area contributed by atoms with Crippen molar-refractivity contribution >= 4 is 0 Å². The van der Waals surface area contributed by atoms with Crippen molar-refractivity contribution < 1.29 is 9.84 Å². The van der Waals surface area contributed by atoms with Gasteiger partial charge in [0, 0.05) is 12.0 Å². The number of rotatable bonds is 3. The van der Waals surface area contributed by atoms with Crippen molar-refractivity contribution in [3.8, 4) is 0 Å². The molecule has 2 nitrogen and oxygen atoms in total. The number of aliphatic hydroxyl groups excluding tert-OH is 1. The molecule has 1 aliphatic rings. The molecule has 88 valence electrons. The topological polar surface area (TPSA) is 29.5 Å². The Bertz CT molecular complexity index is 345. The maximum atomic E-state index is 9.54. The van der Waals surface area contributed by atoms with Crippen molar-refractivity contribution in [1.29, 1.82) is 0 Å². The molecule has 2 heteroatoms. The largest absolute Gasteiger partial charge is 0.396 e. The average molecular weight is 220 g/mol. The molecule has 0 bridgehead atoms. The van der Waals surface area contributed by atoms with Crippen LogP contribution in [-0.2, 0) is 11.2 Å². The van der Waals surface area contributed by atoms with Crippen LogP contribution < -0.4 is 0 Å². The summed E-state index contributed by atoms with van der Waals surface area (Å²) in [5.74, 6) is 0. The molecule has 0 amide bonds. The molecule has 1 fully saturated rings. The molecule has 1 aromatic rings. The molecule has 1 N–H and O–H groups in total. The minimum absolute atomic E-state index is 0.0414. The minimum atomic E-state index is -0.0414. The van der Waals surface area contributed by atoms with E-state index in [2.05, 4.69) is 32.0 Å². The zero-order valence-electron chi connectivity index (χ0n) is 10.1. The monoisotopic (exact) mass is 220 g/mol. The van der Waals surface area contributed by atoms with Crippen LogP contribution in [0.2, 0.25) is 0 Å². The van der Waals surface area contributed by atoms with Gasteiger partial charge in [0.25, 0.3) is 0 Å². The van der Waals surface area contributed by atoms with Gasteiger partial charge in [0.15, 0.2) is 0 Å². The third kappa shape index (κ3) is 2.45. The van der Waals surface area contributed by atoms with Crippen LogP contribution in [-0.4, -0.2) is 24.9 Å². The van der Waals surface area contributed by atoms with Gasteiger partial charge in [-0.15, -0.1) is 0 Å². The fourth-order valence-electron chi connectivity index (χ4n) is 2.57. The Hall–Kier alpha value is -0.860. The standard InChI is InChI=1S/C14H20O2/c1-11-5-12(2)7-13(6-11)8-14(9-15)3-4-16-10-14/h5-7,15H,3-4,8-10H2,1-2H3. The maximum Gasteiger partial charge on any atom is 0.0548 e. The van der Waals surface area contributed by atoms with E-state index in [0.29, 0.717) is 6.61 Å². The molecular formula is C14H20O2. The number of hydrogen-bond donors (Lipinski definition) is 1. The second-order valence-corrected chi connectivity index (χ2v) is 5.13. The van der Waals surface area contributed by atoms with E-state index in [1.807, 2.05) is 0 Å². The van der Waals surface area contributed by atoms with Gasteiger partial charge in [0.05, 0.1) is 13.2 Å². The van der Waals surface area contributed by atoms with Crippen LogP contribution in [0.3, 0.4) is 0 Å². The van der Waals surface area contributed by atoms with E-state index < -0.39 is 0 Å². The van der Waals surface area contributed by atoms with Gasteiger partial charge in [-0.2, -0.15) is 0 Å². The number of aryl methyl sites for hydroxylation is 2. The summed E-state index contributed by atoms with van der Waals surface area (Å²) in [6, 6.07) is 6.60. The zero-order valence-corrected chi connectivity index (χ0v) is 10.1. The normalized spacial score (nSPS) is 24.9. The Balaban J connectivity index is 2.18.